The maximum atomic E-state index is 11.8. The number of halogens is 2. The van der Waals surface area contributed by atoms with Crippen molar-refractivity contribution >= 4 is 64.4 Å². The van der Waals surface area contributed by atoms with Gasteiger partial charge in [-0.25, -0.2) is 4.98 Å². The van der Waals surface area contributed by atoms with Crippen LogP contribution in [-0.2, 0) is 24.9 Å². The van der Waals surface area contributed by atoms with Gasteiger partial charge in [0.25, 0.3) is 5.24 Å². The Bertz CT molecular complexity index is 1460. The number of nitrogens with one attached hydrogen (secondary N) is 2. The fourth-order valence-corrected chi connectivity index (χ4v) is 5.00. The number of rotatable bonds is 9. The van der Waals surface area contributed by atoms with Crippen LogP contribution < -0.4 is 20.1 Å². The number of carbonyl (C=O) groups is 2. The summed E-state index contributed by atoms with van der Waals surface area (Å²) in [5.41, 5.74) is 3.79. The third-order valence-corrected chi connectivity index (χ3v) is 6.93. The van der Waals surface area contributed by atoms with Gasteiger partial charge in [0.1, 0.15) is 29.7 Å². The Hall–Kier alpha value is -3.40. The molecule has 1 aliphatic heterocycles. The number of aryl methyl sites for hydroxylation is 1. The van der Waals surface area contributed by atoms with Crippen molar-refractivity contribution < 1.29 is 19.1 Å². The Labute approximate surface area is 243 Å². The summed E-state index contributed by atoms with van der Waals surface area (Å²) in [6, 6.07) is 21.6. The van der Waals surface area contributed by atoms with Crippen molar-refractivity contribution in [3.8, 4) is 17.2 Å². The molecule has 1 fully saturated rings. The van der Waals surface area contributed by atoms with Gasteiger partial charge in [-0.3, -0.25) is 14.9 Å². The number of hydrogen-bond acceptors (Lipinski definition) is 7. The van der Waals surface area contributed by atoms with E-state index in [4.69, 9.17) is 14.5 Å². The summed E-state index contributed by atoms with van der Waals surface area (Å²) in [7, 11) is 1.96. The predicted molar refractivity (Wildman–Crippen MR) is 160 cm³/mol. The number of anilines is 1. The zero-order valence-electron chi connectivity index (χ0n) is 21.7. The van der Waals surface area contributed by atoms with E-state index in [1.54, 1.807) is 0 Å². The minimum absolute atomic E-state index is 0. The Balaban J connectivity index is 0.00000210. The number of ether oxygens (including phenoxy) is 2. The van der Waals surface area contributed by atoms with Gasteiger partial charge in [0.2, 0.25) is 5.91 Å². The lowest BCUT2D eigenvalue weighted by Crippen LogP contribution is -2.25. The summed E-state index contributed by atoms with van der Waals surface area (Å²) in [5.74, 6) is 2.75. The lowest BCUT2D eigenvalue weighted by Gasteiger charge is -2.12. The van der Waals surface area contributed by atoms with Gasteiger partial charge < -0.3 is 19.4 Å². The third kappa shape index (κ3) is 7.38. The molecule has 8 nitrogen and oxygen atoms in total. The molecule has 0 bridgehead atoms. The summed E-state index contributed by atoms with van der Waals surface area (Å²) in [6.07, 6.45) is 0.496. The summed E-state index contributed by atoms with van der Waals surface area (Å²) >= 11 is 1.03. The number of carbonyl (C=O) groups excluding carboxylic acids is 2. The first-order valence-corrected chi connectivity index (χ1v) is 12.9. The van der Waals surface area contributed by atoms with E-state index in [1.807, 2.05) is 78.3 Å². The van der Waals surface area contributed by atoms with Crippen molar-refractivity contribution in [3.63, 3.8) is 0 Å². The van der Waals surface area contributed by atoms with E-state index in [2.05, 4.69) is 24.5 Å². The highest BCUT2D eigenvalue weighted by molar-refractivity contribution is 8.15. The van der Waals surface area contributed by atoms with Crippen LogP contribution in [0, 0.1) is 0 Å². The molecule has 2 amide bonds. The molecule has 11 heteroatoms. The lowest BCUT2D eigenvalue weighted by atomic mass is 10.1. The van der Waals surface area contributed by atoms with Gasteiger partial charge in [-0.15, -0.1) is 24.8 Å². The van der Waals surface area contributed by atoms with Crippen LogP contribution in [0.3, 0.4) is 0 Å². The number of aromatic nitrogens is 2. The Morgan fingerprint density at radius 2 is 1.72 bits per heavy atom. The normalized spacial score (nSPS) is 14.5. The number of benzene rings is 3. The molecular weight excluding hydrogens is 559 g/mol. The highest BCUT2D eigenvalue weighted by atomic mass is 35.5. The van der Waals surface area contributed by atoms with E-state index < -0.39 is 0 Å². The van der Waals surface area contributed by atoms with Crippen LogP contribution in [0.1, 0.15) is 25.2 Å². The highest BCUT2D eigenvalue weighted by Gasteiger charge is 2.31. The van der Waals surface area contributed by atoms with Crippen LogP contribution in [0.5, 0.6) is 17.2 Å². The number of imide groups is 1. The van der Waals surface area contributed by atoms with Crippen molar-refractivity contribution in [2.24, 2.45) is 7.05 Å². The fraction of sp³-hybridized carbons (Fsp3) is 0.250. The van der Waals surface area contributed by atoms with Crippen LogP contribution in [0.15, 0.2) is 66.7 Å². The summed E-state index contributed by atoms with van der Waals surface area (Å²) < 4.78 is 14.1. The van der Waals surface area contributed by atoms with Crippen molar-refractivity contribution in [1.29, 1.82) is 0 Å². The quantitative estimate of drug-likeness (QED) is 0.230. The molecule has 1 unspecified atom stereocenters. The molecule has 39 heavy (non-hydrogen) atoms. The number of fused-ring (bicyclic) bond motifs is 1. The molecule has 5 rings (SSSR count). The average molecular weight is 590 g/mol. The Morgan fingerprint density at radius 3 is 2.41 bits per heavy atom. The Kier molecular flexibility index (Phi) is 10.1. The van der Waals surface area contributed by atoms with Crippen molar-refractivity contribution in [2.75, 3.05) is 5.32 Å². The molecule has 1 atom stereocenters. The standard InChI is InChI=1S/C28H28N4O4S.2ClH/c1-17(2)29-19-5-4-6-21(14-19)36-22-11-12-23-24(15-22)32(3)26(30-23)16-35-20-9-7-18(8-10-20)13-25-27(33)31-28(34)37-25;;/h4-12,14-15,17,25,29H,13,16H2,1-3H3,(H,31,33,34);2*1H. The van der Waals surface area contributed by atoms with Crippen LogP contribution in [0.2, 0.25) is 0 Å². The predicted octanol–water partition coefficient (Wildman–Crippen LogP) is 6.50. The topological polar surface area (TPSA) is 94.5 Å². The molecule has 1 aliphatic rings. The summed E-state index contributed by atoms with van der Waals surface area (Å²) in [6.45, 7) is 4.50. The molecule has 0 saturated carbocycles. The number of amides is 2. The Morgan fingerprint density at radius 1 is 1.00 bits per heavy atom. The second kappa shape index (κ2) is 13.1. The average Bonchev–Trinajstić information content (AvgIpc) is 3.35. The number of imidazole rings is 1. The molecule has 0 aliphatic carbocycles. The zero-order chi connectivity index (χ0) is 25.9. The van der Waals surface area contributed by atoms with Crippen LogP contribution in [-0.4, -0.2) is 32.0 Å². The van der Waals surface area contributed by atoms with Crippen LogP contribution in [0.4, 0.5) is 10.5 Å². The van der Waals surface area contributed by atoms with Gasteiger partial charge in [0.15, 0.2) is 0 Å². The second-order valence-electron chi connectivity index (χ2n) is 9.19. The van der Waals surface area contributed by atoms with Gasteiger partial charge in [0.05, 0.1) is 16.3 Å². The lowest BCUT2D eigenvalue weighted by molar-refractivity contribution is -0.118. The van der Waals surface area contributed by atoms with E-state index in [1.165, 1.54) is 0 Å². The molecule has 3 aromatic carbocycles. The minimum atomic E-state index is -0.381. The van der Waals surface area contributed by atoms with Crippen molar-refractivity contribution in [3.05, 3.63) is 78.1 Å². The monoisotopic (exact) mass is 588 g/mol. The smallest absolute Gasteiger partial charge is 0.286 e. The molecule has 2 N–H and O–H groups in total. The van der Waals surface area contributed by atoms with Crippen LogP contribution in [0.25, 0.3) is 11.0 Å². The first kappa shape index (κ1) is 30.1. The van der Waals surface area contributed by atoms with Crippen molar-refractivity contribution in [2.45, 2.75) is 38.2 Å². The first-order valence-electron chi connectivity index (χ1n) is 12.1. The second-order valence-corrected chi connectivity index (χ2v) is 10.4. The summed E-state index contributed by atoms with van der Waals surface area (Å²) in [5, 5.41) is 5.03. The van der Waals surface area contributed by atoms with Gasteiger partial charge in [-0.05, 0) is 62.2 Å². The molecule has 1 saturated heterocycles. The van der Waals surface area contributed by atoms with E-state index in [9.17, 15) is 9.59 Å². The van der Waals surface area contributed by atoms with E-state index in [0.29, 0.717) is 24.8 Å². The maximum absolute atomic E-state index is 11.8. The largest absolute Gasteiger partial charge is 0.486 e. The fourth-order valence-electron chi connectivity index (χ4n) is 4.14. The van der Waals surface area contributed by atoms with Gasteiger partial charge in [0, 0.05) is 30.9 Å². The number of nitrogens with zero attached hydrogens (tertiary/aromatic N) is 2. The molecule has 1 aromatic heterocycles. The van der Waals surface area contributed by atoms with E-state index in [0.717, 1.165) is 51.4 Å². The van der Waals surface area contributed by atoms with Crippen molar-refractivity contribution in [1.82, 2.24) is 14.9 Å². The van der Waals surface area contributed by atoms with E-state index in [-0.39, 0.29) is 41.2 Å². The minimum Gasteiger partial charge on any atom is -0.486 e. The SMILES string of the molecule is CC(C)Nc1cccc(Oc2ccc3nc(COc4ccc(CC5SC(=O)NC5=O)cc4)n(C)c3c2)c1.Cl.Cl. The molecule has 0 radical (unpaired) electrons. The van der Waals surface area contributed by atoms with Gasteiger partial charge >= 0.3 is 0 Å². The zero-order valence-corrected chi connectivity index (χ0v) is 24.1. The molecule has 2 heterocycles. The first-order chi connectivity index (χ1) is 17.8. The van der Waals surface area contributed by atoms with E-state index >= 15 is 0 Å². The summed E-state index contributed by atoms with van der Waals surface area (Å²) in [4.78, 5) is 27.9. The molecular formula is C28H30Cl2N4O4S. The maximum Gasteiger partial charge on any atom is 0.286 e. The number of thioether (sulfide) groups is 1. The van der Waals surface area contributed by atoms with Crippen LogP contribution >= 0.6 is 36.6 Å². The highest BCUT2D eigenvalue weighted by Crippen LogP contribution is 2.28. The molecule has 4 aromatic rings. The number of hydrogen-bond donors (Lipinski definition) is 2. The molecule has 206 valence electrons. The van der Waals surface area contributed by atoms with Gasteiger partial charge in [-0.2, -0.15) is 0 Å². The van der Waals surface area contributed by atoms with Gasteiger partial charge in [-0.1, -0.05) is 30.0 Å². The third-order valence-electron chi connectivity index (χ3n) is 5.95. The molecule has 0 spiro atoms.